The van der Waals surface area contributed by atoms with E-state index < -0.39 is 0 Å². The molecular formula is C58H88N18. The molecule has 410 valence electrons. The maximum absolute atomic E-state index is 8.83. The summed E-state index contributed by atoms with van der Waals surface area (Å²) in [7, 11) is 0. The molecule has 76 heavy (non-hydrogen) atoms. The zero-order valence-electron chi connectivity index (χ0n) is 47.0. The molecule has 6 heterocycles. The van der Waals surface area contributed by atoms with E-state index in [0.29, 0.717) is 121 Å². The SMILES string of the molecule is C#CCN1CC(C#N)CN(CC#N)C1.C#CCN1CC(C)CN(CC#N)C1C.C#CCN1CC(N(CC)CC)CN(CC#N)C1.C#CCN1CC(N2CCCC2)CN(CC#N)C1.C#CCN1CN(CC#N)C(C)CC1C. The van der Waals surface area contributed by atoms with Gasteiger partial charge in [0.25, 0.3) is 0 Å². The predicted octanol–water partition coefficient (Wildman–Crippen LogP) is 2.10. The number of hydrogen-bond acceptors (Lipinski definition) is 18. The number of nitriles is 6. The van der Waals surface area contributed by atoms with Gasteiger partial charge < -0.3 is 0 Å². The average molecular weight is 1040 g/mol. The largest absolute Gasteiger partial charge is 0.298 e. The molecule has 0 aliphatic carbocycles. The summed E-state index contributed by atoms with van der Waals surface area (Å²) in [6.07, 6.45) is 30.6. The molecule has 6 aliphatic rings. The summed E-state index contributed by atoms with van der Waals surface area (Å²) in [5.41, 5.74) is 0. The van der Waals surface area contributed by atoms with Crippen LogP contribution < -0.4 is 0 Å². The van der Waals surface area contributed by atoms with E-state index in [-0.39, 0.29) is 5.92 Å². The summed E-state index contributed by atoms with van der Waals surface area (Å²) in [4.78, 5) is 26.6. The fourth-order valence-electron chi connectivity index (χ4n) is 10.9. The van der Waals surface area contributed by atoms with Gasteiger partial charge in [-0.3, -0.25) is 58.8 Å². The highest BCUT2D eigenvalue weighted by Gasteiger charge is 2.32. The van der Waals surface area contributed by atoms with Gasteiger partial charge in [-0.2, -0.15) is 31.6 Å². The third-order valence-electron chi connectivity index (χ3n) is 14.6. The van der Waals surface area contributed by atoms with E-state index in [1.54, 1.807) is 0 Å². The third kappa shape index (κ3) is 24.1. The Balaban J connectivity index is 0.000000326. The van der Waals surface area contributed by atoms with Crippen LogP contribution in [0.4, 0.5) is 0 Å². The van der Waals surface area contributed by atoms with Crippen LogP contribution in [0.3, 0.4) is 0 Å². The van der Waals surface area contributed by atoms with Crippen LogP contribution in [-0.4, -0.2) is 260 Å². The van der Waals surface area contributed by atoms with E-state index in [0.717, 1.165) is 78.8 Å². The third-order valence-corrected chi connectivity index (χ3v) is 14.6. The fraction of sp³-hybridized carbons (Fsp3) is 0.724. The summed E-state index contributed by atoms with van der Waals surface area (Å²) >= 11 is 0. The van der Waals surface area contributed by atoms with Crippen LogP contribution in [0, 0.1) is 142 Å². The molecule has 6 saturated heterocycles. The van der Waals surface area contributed by atoms with Crippen LogP contribution in [0.1, 0.15) is 60.8 Å². The van der Waals surface area contributed by atoms with E-state index >= 15 is 0 Å². The minimum atomic E-state index is -0.0366. The number of likely N-dealkylation sites (N-methyl/N-ethyl adjacent to an activating group) is 1. The maximum atomic E-state index is 8.83. The van der Waals surface area contributed by atoms with Gasteiger partial charge in [0.15, 0.2) is 0 Å². The van der Waals surface area contributed by atoms with Crippen LogP contribution in [0.15, 0.2) is 0 Å². The Kier molecular flexibility index (Phi) is 33.8. The summed E-state index contributed by atoms with van der Waals surface area (Å²) in [5, 5.41) is 52.4. The van der Waals surface area contributed by atoms with Gasteiger partial charge in [0.1, 0.15) is 0 Å². The van der Waals surface area contributed by atoms with Crippen LogP contribution in [0.25, 0.3) is 0 Å². The lowest BCUT2D eigenvalue weighted by Gasteiger charge is -2.43. The summed E-state index contributed by atoms with van der Waals surface area (Å²) in [5.74, 6) is 13.8. The van der Waals surface area contributed by atoms with Gasteiger partial charge in [0, 0.05) is 76.5 Å². The van der Waals surface area contributed by atoms with Crippen molar-refractivity contribution in [3.05, 3.63) is 0 Å². The summed E-state index contributed by atoms with van der Waals surface area (Å²) < 4.78 is 0. The van der Waals surface area contributed by atoms with Crippen molar-refractivity contribution in [3.63, 3.8) is 0 Å². The minimum absolute atomic E-state index is 0.0366. The molecule has 6 aliphatic heterocycles. The lowest BCUT2D eigenvalue weighted by atomic mass is 10.0. The minimum Gasteiger partial charge on any atom is -0.298 e. The Morgan fingerprint density at radius 3 is 1.24 bits per heavy atom. The van der Waals surface area contributed by atoms with Gasteiger partial charge in [0.2, 0.25) is 0 Å². The standard InChI is InChI=1S/C13H20N4.C13H22N4.2C11H17N3.C10H12N4/c1-2-6-15-10-13(17-7-3-4-8-17)11-16(12-15)9-5-14;1-4-8-15-10-13(17(5-2)6-3)11-16(12-15)9-7-14;1-4-6-13-9-14(7-5-12)11(3)8-10(13)2;1-4-6-13-8-10(2)9-14(7-5-12)11(13)3;1-2-4-13-7-10(6-12)8-14(9-13)5-3-11/h1,13H,3-4,6-12H2;1,13H,5-6,8-12H2,2-3H3;2*1,10-11H,6-9H2,2-3H3;1,10H,4-5,7-9H2. The first-order valence-corrected chi connectivity index (χ1v) is 27.0. The van der Waals surface area contributed by atoms with E-state index in [1.807, 2.05) is 9.80 Å². The number of likely N-dealkylation sites (tertiary alicyclic amines) is 1. The molecule has 6 rings (SSSR count). The van der Waals surface area contributed by atoms with Gasteiger partial charge in [-0.05, 0) is 72.1 Å². The smallest absolute Gasteiger partial charge is 0.0878 e. The highest BCUT2D eigenvalue weighted by Crippen LogP contribution is 2.20. The Bertz CT molecular complexity index is 1970. The molecule has 0 spiro atoms. The van der Waals surface area contributed by atoms with Gasteiger partial charge in [0.05, 0.1) is 141 Å². The normalized spacial score (nSPS) is 26.3. The van der Waals surface area contributed by atoms with Crippen molar-refractivity contribution in [1.82, 2.24) is 58.8 Å². The summed E-state index contributed by atoms with van der Waals surface area (Å²) in [6.45, 7) is 33.7. The Hall–Kier alpha value is -5.74. The highest BCUT2D eigenvalue weighted by molar-refractivity contribution is 4.99. The molecule has 0 aromatic carbocycles. The molecule has 18 heteroatoms. The van der Waals surface area contributed by atoms with E-state index in [9.17, 15) is 0 Å². The molecule has 0 aromatic rings. The zero-order chi connectivity index (χ0) is 56.3. The second-order valence-electron chi connectivity index (χ2n) is 20.6. The van der Waals surface area contributed by atoms with Crippen LogP contribution >= 0.6 is 0 Å². The average Bonchev–Trinajstić information content (AvgIpc) is 3.95. The first-order chi connectivity index (χ1) is 36.7. The van der Waals surface area contributed by atoms with Gasteiger partial charge >= 0.3 is 0 Å². The molecule has 7 atom stereocenters. The lowest BCUT2D eigenvalue weighted by molar-refractivity contribution is 0.00784. The van der Waals surface area contributed by atoms with Crippen molar-refractivity contribution in [2.75, 3.05) is 171 Å². The topological polar surface area (TPSA) is 182 Å². The van der Waals surface area contributed by atoms with Crippen LogP contribution in [-0.2, 0) is 0 Å². The van der Waals surface area contributed by atoms with Crippen molar-refractivity contribution in [2.45, 2.75) is 91.1 Å². The fourth-order valence-corrected chi connectivity index (χ4v) is 10.9. The van der Waals surface area contributed by atoms with Gasteiger partial charge in [-0.15, -0.1) is 32.1 Å². The second-order valence-corrected chi connectivity index (χ2v) is 20.6. The van der Waals surface area contributed by atoms with Crippen molar-refractivity contribution >= 4 is 0 Å². The number of nitrogens with zero attached hydrogens (tertiary/aromatic N) is 18. The number of hydrogen-bond donors (Lipinski definition) is 0. The molecule has 0 N–H and O–H groups in total. The Labute approximate surface area is 460 Å². The lowest BCUT2D eigenvalue weighted by Crippen LogP contribution is -2.57. The van der Waals surface area contributed by atoms with Gasteiger partial charge in [-0.25, -0.2) is 0 Å². The second kappa shape index (κ2) is 38.7. The number of rotatable bonds is 14. The molecule has 0 bridgehead atoms. The zero-order valence-corrected chi connectivity index (χ0v) is 47.0. The van der Waals surface area contributed by atoms with Crippen LogP contribution in [0.2, 0.25) is 0 Å². The van der Waals surface area contributed by atoms with E-state index in [2.05, 4.69) is 157 Å². The van der Waals surface area contributed by atoms with Crippen molar-refractivity contribution in [1.29, 1.82) is 31.6 Å². The molecule has 6 fully saturated rings. The highest BCUT2D eigenvalue weighted by atomic mass is 15.4. The van der Waals surface area contributed by atoms with E-state index in [4.69, 9.17) is 63.7 Å². The maximum Gasteiger partial charge on any atom is 0.0878 e. The number of terminal acetylenes is 5. The monoisotopic (exact) mass is 1040 g/mol. The Morgan fingerprint density at radius 2 is 0.803 bits per heavy atom. The summed E-state index contributed by atoms with van der Waals surface area (Å²) in [6, 6.07) is 15.2. The molecule has 0 radical (unpaired) electrons. The first kappa shape index (κ1) is 66.4. The van der Waals surface area contributed by atoms with Crippen molar-refractivity contribution in [3.8, 4) is 98.1 Å². The molecular weight excluding hydrogens is 949 g/mol. The molecule has 0 aromatic heterocycles. The van der Waals surface area contributed by atoms with Crippen LogP contribution in [0.5, 0.6) is 0 Å². The molecule has 18 nitrogen and oxygen atoms in total. The molecule has 0 amide bonds. The van der Waals surface area contributed by atoms with Gasteiger partial charge in [-0.1, -0.05) is 50.4 Å². The van der Waals surface area contributed by atoms with Crippen molar-refractivity contribution in [2.24, 2.45) is 11.8 Å². The first-order valence-electron chi connectivity index (χ1n) is 27.0. The predicted molar refractivity (Wildman–Crippen MR) is 300 cm³/mol. The molecule has 0 saturated carbocycles. The van der Waals surface area contributed by atoms with E-state index in [1.165, 1.54) is 25.9 Å². The molecule has 7 unspecified atom stereocenters. The van der Waals surface area contributed by atoms with Crippen molar-refractivity contribution < 1.29 is 0 Å². The Morgan fingerprint density at radius 1 is 0.434 bits per heavy atom. The quantitative estimate of drug-likeness (QED) is 0.182.